The summed E-state index contributed by atoms with van der Waals surface area (Å²) in [4.78, 5) is 22.6. The van der Waals surface area contributed by atoms with Gasteiger partial charge in [0.15, 0.2) is 0 Å². The molecule has 0 bridgehead atoms. The van der Waals surface area contributed by atoms with Gasteiger partial charge in [-0.25, -0.2) is 0 Å². The number of halogens is 1. The zero-order valence-electron chi connectivity index (χ0n) is 11.0. The molecule has 1 heterocycles. The van der Waals surface area contributed by atoms with Crippen LogP contribution in [0.5, 0.6) is 0 Å². The average molecular weight is 304 g/mol. The third kappa shape index (κ3) is 2.93. The van der Waals surface area contributed by atoms with Crippen molar-refractivity contribution in [3.05, 3.63) is 72.6 Å². The SMILES string of the molecule is Cc1ccc(C#N)c(=O)n1Cc1cc(Cl)ccc1[N+](=O)[O-]. The van der Waals surface area contributed by atoms with Crippen LogP contribution in [0.2, 0.25) is 5.02 Å². The number of hydrogen-bond acceptors (Lipinski definition) is 4. The fourth-order valence-electron chi connectivity index (χ4n) is 1.98. The molecule has 7 heteroatoms. The molecular formula is C14H10ClN3O3. The van der Waals surface area contributed by atoms with Gasteiger partial charge in [0.05, 0.1) is 17.0 Å². The first-order valence-corrected chi connectivity index (χ1v) is 6.35. The molecule has 106 valence electrons. The number of benzene rings is 1. The predicted octanol–water partition coefficient (Wildman–Crippen LogP) is 2.64. The number of rotatable bonds is 3. The fourth-order valence-corrected chi connectivity index (χ4v) is 2.18. The first-order valence-electron chi connectivity index (χ1n) is 5.97. The molecule has 2 aromatic rings. The molecule has 0 radical (unpaired) electrons. The van der Waals surface area contributed by atoms with E-state index in [0.717, 1.165) is 0 Å². The van der Waals surface area contributed by atoms with Crippen molar-refractivity contribution in [1.82, 2.24) is 4.57 Å². The molecule has 1 aromatic carbocycles. The normalized spacial score (nSPS) is 10.1. The minimum Gasteiger partial charge on any atom is -0.307 e. The van der Waals surface area contributed by atoms with Crippen LogP contribution in [0.15, 0.2) is 35.1 Å². The van der Waals surface area contributed by atoms with Gasteiger partial charge in [0.2, 0.25) is 0 Å². The topological polar surface area (TPSA) is 88.9 Å². The molecule has 1 aromatic heterocycles. The Morgan fingerprint density at radius 1 is 1.38 bits per heavy atom. The third-order valence-corrected chi connectivity index (χ3v) is 3.31. The lowest BCUT2D eigenvalue weighted by atomic mass is 10.1. The van der Waals surface area contributed by atoms with Crippen molar-refractivity contribution in [3.63, 3.8) is 0 Å². The monoisotopic (exact) mass is 303 g/mol. The number of nitro groups is 1. The minimum absolute atomic E-state index is 0.00900. The molecule has 0 saturated heterocycles. The van der Waals surface area contributed by atoms with Gasteiger partial charge in [-0.3, -0.25) is 14.9 Å². The van der Waals surface area contributed by atoms with Crippen LogP contribution in [0.3, 0.4) is 0 Å². The van der Waals surface area contributed by atoms with Crippen LogP contribution in [0.1, 0.15) is 16.8 Å². The largest absolute Gasteiger partial charge is 0.307 e. The molecule has 0 atom stereocenters. The van der Waals surface area contributed by atoms with Crippen molar-refractivity contribution >= 4 is 17.3 Å². The van der Waals surface area contributed by atoms with E-state index in [1.807, 2.05) is 0 Å². The number of nitro benzene ring substituents is 1. The summed E-state index contributed by atoms with van der Waals surface area (Å²) < 4.78 is 1.32. The smallest absolute Gasteiger partial charge is 0.274 e. The van der Waals surface area contributed by atoms with Crippen molar-refractivity contribution < 1.29 is 4.92 Å². The Morgan fingerprint density at radius 3 is 2.71 bits per heavy atom. The van der Waals surface area contributed by atoms with E-state index in [-0.39, 0.29) is 17.8 Å². The van der Waals surface area contributed by atoms with Crippen LogP contribution in [0.25, 0.3) is 0 Å². The Kier molecular flexibility index (Phi) is 4.05. The molecule has 0 aliphatic carbocycles. The fraction of sp³-hybridized carbons (Fsp3) is 0.143. The Morgan fingerprint density at radius 2 is 2.10 bits per heavy atom. The molecule has 21 heavy (non-hydrogen) atoms. The number of nitrogens with zero attached hydrogens (tertiary/aromatic N) is 3. The number of nitriles is 1. The van der Waals surface area contributed by atoms with Gasteiger partial charge in [-0.05, 0) is 31.2 Å². The summed E-state index contributed by atoms with van der Waals surface area (Å²) in [6.07, 6.45) is 0. The molecule has 0 unspecified atom stereocenters. The van der Waals surface area contributed by atoms with Gasteiger partial charge >= 0.3 is 0 Å². The summed E-state index contributed by atoms with van der Waals surface area (Å²) in [6.45, 7) is 1.68. The highest BCUT2D eigenvalue weighted by atomic mass is 35.5. The molecule has 0 fully saturated rings. The van der Waals surface area contributed by atoms with E-state index < -0.39 is 10.5 Å². The predicted molar refractivity (Wildman–Crippen MR) is 77.4 cm³/mol. The maximum absolute atomic E-state index is 12.1. The maximum Gasteiger partial charge on any atom is 0.274 e. The van der Waals surface area contributed by atoms with Gasteiger partial charge in [0.25, 0.3) is 11.2 Å². The van der Waals surface area contributed by atoms with Gasteiger partial charge in [-0.15, -0.1) is 0 Å². The Balaban J connectivity index is 2.59. The molecule has 0 spiro atoms. The number of aromatic nitrogens is 1. The summed E-state index contributed by atoms with van der Waals surface area (Å²) >= 11 is 5.86. The number of aryl methyl sites for hydroxylation is 1. The number of pyridine rings is 1. The molecule has 0 N–H and O–H groups in total. The van der Waals surface area contributed by atoms with Crippen LogP contribution in [-0.2, 0) is 6.54 Å². The van der Waals surface area contributed by atoms with Crippen LogP contribution >= 0.6 is 11.6 Å². The van der Waals surface area contributed by atoms with Crippen molar-refractivity contribution in [2.45, 2.75) is 13.5 Å². The van der Waals surface area contributed by atoms with Gasteiger partial charge in [0, 0.05) is 16.8 Å². The molecule has 0 aliphatic rings. The molecule has 0 amide bonds. The lowest BCUT2D eigenvalue weighted by Crippen LogP contribution is -2.25. The second-order valence-corrected chi connectivity index (χ2v) is 4.86. The van der Waals surface area contributed by atoms with E-state index in [4.69, 9.17) is 16.9 Å². The van der Waals surface area contributed by atoms with E-state index in [9.17, 15) is 14.9 Å². The van der Waals surface area contributed by atoms with E-state index >= 15 is 0 Å². The summed E-state index contributed by atoms with van der Waals surface area (Å²) in [6, 6.07) is 9.02. The van der Waals surface area contributed by atoms with Crippen molar-refractivity contribution in [2.24, 2.45) is 0 Å². The average Bonchev–Trinajstić information content (AvgIpc) is 2.43. The second-order valence-electron chi connectivity index (χ2n) is 4.42. The molecule has 6 nitrogen and oxygen atoms in total. The highest BCUT2D eigenvalue weighted by Crippen LogP contribution is 2.23. The zero-order valence-corrected chi connectivity index (χ0v) is 11.8. The van der Waals surface area contributed by atoms with Gasteiger partial charge in [-0.1, -0.05) is 11.6 Å². The van der Waals surface area contributed by atoms with Crippen molar-refractivity contribution in [3.8, 4) is 6.07 Å². The van der Waals surface area contributed by atoms with E-state index in [1.54, 1.807) is 19.1 Å². The first kappa shape index (κ1) is 14.8. The van der Waals surface area contributed by atoms with Gasteiger partial charge in [-0.2, -0.15) is 5.26 Å². The molecular weight excluding hydrogens is 294 g/mol. The quantitative estimate of drug-likeness (QED) is 0.644. The van der Waals surface area contributed by atoms with Crippen molar-refractivity contribution in [2.75, 3.05) is 0 Å². The zero-order chi connectivity index (χ0) is 15.6. The van der Waals surface area contributed by atoms with Crippen LogP contribution in [0.4, 0.5) is 5.69 Å². The second kappa shape index (κ2) is 5.77. The van der Waals surface area contributed by atoms with Crippen LogP contribution in [0, 0.1) is 28.4 Å². The standard InChI is InChI=1S/C14H10ClN3O3/c1-9-2-3-10(7-16)14(19)17(9)8-11-6-12(15)4-5-13(11)18(20)21/h2-6H,8H2,1H3. The van der Waals surface area contributed by atoms with E-state index in [0.29, 0.717) is 16.3 Å². The van der Waals surface area contributed by atoms with Crippen molar-refractivity contribution in [1.29, 1.82) is 5.26 Å². The van der Waals surface area contributed by atoms with Gasteiger partial charge < -0.3 is 4.57 Å². The molecule has 0 saturated carbocycles. The van der Waals surface area contributed by atoms with E-state index in [1.165, 1.54) is 28.8 Å². The van der Waals surface area contributed by atoms with Gasteiger partial charge in [0.1, 0.15) is 11.6 Å². The minimum atomic E-state index is -0.528. The van der Waals surface area contributed by atoms with Crippen LogP contribution in [-0.4, -0.2) is 9.49 Å². The molecule has 0 aliphatic heterocycles. The lowest BCUT2D eigenvalue weighted by molar-refractivity contribution is -0.385. The first-order chi connectivity index (χ1) is 9.93. The molecule has 2 rings (SSSR count). The van der Waals surface area contributed by atoms with Crippen LogP contribution < -0.4 is 5.56 Å². The van der Waals surface area contributed by atoms with E-state index in [2.05, 4.69) is 0 Å². The highest BCUT2D eigenvalue weighted by molar-refractivity contribution is 6.30. The Bertz CT molecular complexity index is 821. The third-order valence-electron chi connectivity index (χ3n) is 3.08. The summed E-state index contributed by atoms with van der Waals surface area (Å²) in [5.74, 6) is 0. The summed E-state index contributed by atoms with van der Waals surface area (Å²) in [5.41, 5.74) is 0.311. The Hall–Kier alpha value is -2.65. The summed E-state index contributed by atoms with van der Waals surface area (Å²) in [7, 11) is 0. The maximum atomic E-state index is 12.1. The highest BCUT2D eigenvalue weighted by Gasteiger charge is 2.16. The lowest BCUT2D eigenvalue weighted by Gasteiger charge is -2.10. The summed E-state index contributed by atoms with van der Waals surface area (Å²) in [5, 5.41) is 20.3. The Labute approximate surface area is 125 Å². The number of hydrogen-bond donors (Lipinski definition) is 0.